The lowest BCUT2D eigenvalue weighted by atomic mass is 10.2. The van der Waals surface area contributed by atoms with Gasteiger partial charge in [-0.05, 0) is 31.2 Å². The molecule has 0 aliphatic rings. The summed E-state index contributed by atoms with van der Waals surface area (Å²) in [4.78, 5) is 20.7. The third-order valence-corrected chi connectivity index (χ3v) is 3.13. The molecule has 5 nitrogen and oxygen atoms in total. The number of pyridine rings is 1. The normalized spacial score (nSPS) is 10.7. The van der Waals surface area contributed by atoms with Crippen LogP contribution in [0.15, 0.2) is 42.6 Å². The van der Waals surface area contributed by atoms with E-state index >= 15 is 0 Å². The molecule has 0 atom stereocenters. The molecule has 1 aromatic carbocycles. The Kier molecular flexibility index (Phi) is 2.95. The van der Waals surface area contributed by atoms with Gasteiger partial charge in [0.2, 0.25) is 0 Å². The lowest BCUT2D eigenvalue weighted by molar-refractivity contribution is 0.0600. The van der Waals surface area contributed by atoms with Crippen molar-refractivity contribution in [3.05, 3.63) is 54.0 Å². The first-order valence-corrected chi connectivity index (χ1v) is 6.20. The molecule has 2 aromatic heterocycles. The van der Waals surface area contributed by atoms with Crippen molar-refractivity contribution >= 4 is 17.0 Å². The second-order valence-corrected chi connectivity index (χ2v) is 4.35. The van der Waals surface area contributed by atoms with Crippen molar-refractivity contribution < 1.29 is 9.53 Å². The second-order valence-electron chi connectivity index (χ2n) is 4.35. The molecule has 2 heterocycles. The third kappa shape index (κ3) is 1.84. The van der Waals surface area contributed by atoms with Crippen molar-refractivity contribution in [1.29, 1.82) is 0 Å². The van der Waals surface area contributed by atoms with E-state index in [0.29, 0.717) is 11.4 Å². The molecule has 0 aliphatic heterocycles. The van der Waals surface area contributed by atoms with E-state index in [1.165, 1.54) is 7.11 Å². The van der Waals surface area contributed by atoms with E-state index in [0.717, 1.165) is 16.9 Å². The lowest BCUT2D eigenvalue weighted by Crippen LogP contribution is -2.10. The molecule has 0 unspecified atom stereocenters. The predicted molar refractivity (Wildman–Crippen MR) is 74.9 cm³/mol. The Hall–Kier alpha value is -2.69. The molecule has 0 radical (unpaired) electrons. The number of aryl methyl sites for hydroxylation is 1. The van der Waals surface area contributed by atoms with Gasteiger partial charge in [-0.15, -0.1) is 0 Å². The van der Waals surface area contributed by atoms with Crippen LogP contribution in [-0.2, 0) is 4.74 Å². The number of hydrogen-bond donors (Lipinski definition) is 0. The summed E-state index contributed by atoms with van der Waals surface area (Å²) in [6.07, 6.45) is 1.65. The van der Waals surface area contributed by atoms with Crippen molar-refractivity contribution in [2.75, 3.05) is 7.11 Å². The van der Waals surface area contributed by atoms with Crippen molar-refractivity contribution in [2.45, 2.75) is 6.92 Å². The minimum absolute atomic E-state index is 0.412. The van der Waals surface area contributed by atoms with Gasteiger partial charge in [0.1, 0.15) is 11.4 Å². The van der Waals surface area contributed by atoms with E-state index in [4.69, 9.17) is 4.74 Å². The molecular formula is C15H13N3O2. The van der Waals surface area contributed by atoms with Crippen molar-refractivity contribution in [3.63, 3.8) is 0 Å². The summed E-state index contributed by atoms with van der Waals surface area (Å²) >= 11 is 0. The van der Waals surface area contributed by atoms with Crippen LogP contribution >= 0.6 is 0 Å². The standard InChI is InChI=1S/C15H13N3O2/c1-10-17-12-7-3-4-8-13(12)18(10)14-11(15(19)20-2)6-5-9-16-14/h3-9H,1-2H3. The molecule has 0 bridgehead atoms. The fourth-order valence-corrected chi connectivity index (χ4v) is 2.26. The summed E-state index contributed by atoms with van der Waals surface area (Å²) in [5.74, 6) is 0.894. The first kappa shape index (κ1) is 12.3. The number of fused-ring (bicyclic) bond motifs is 1. The first-order valence-electron chi connectivity index (χ1n) is 6.20. The van der Waals surface area contributed by atoms with Crippen molar-refractivity contribution in [1.82, 2.24) is 14.5 Å². The molecule has 100 valence electrons. The summed E-state index contributed by atoms with van der Waals surface area (Å²) in [6, 6.07) is 11.1. The van der Waals surface area contributed by atoms with Crippen LogP contribution in [0, 0.1) is 6.92 Å². The number of hydrogen-bond acceptors (Lipinski definition) is 4. The Morgan fingerprint density at radius 2 is 2.00 bits per heavy atom. The summed E-state index contributed by atoms with van der Waals surface area (Å²) in [5.41, 5.74) is 2.20. The van der Waals surface area contributed by atoms with Gasteiger partial charge in [-0.1, -0.05) is 12.1 Å². The zero-order chi connectivity index (χ0) is 14.1. The number of carbonyl (C=O) groups excluding carboxylic acids is 1. The number of nitrogens with zero attached hydrogens (tertiary/aromatic N) is 3. The van der Waals surface area contributed by atoms with Crippen LogP contribution in [0.25, 0.3) is 16.9 Å². The molecule has 0 spiro atoms. The van der Waals surface area contributed by atoms with E-state index in [2.05, 4.69) is 9.97 Å². The van der Waals surface area contributed by atoms with Gasteiger partial charge in [0.25, 0.3) is 0 Å². The maximum absolute atomic E-state index is 11.9. The topological polar surface area (TPSA) is 57.0 Å². The van der Waals surface area contributed by atoms with Crippen molar-refractivity contribution in [3.8, 4) is 5.82 Å². The van der Waals surface area contributed by atoms with E-state index in [-0.39, 0.29) is 0 Å². The van der Waals surface area contributed by atoms with Crippen LogP contribution in [0.2, 0.25) is 0 Å². The number of esters is 1. The number of para-hydroxylation sites is 2. The van der Waals surface area contributed by atoms with E-state index in [1.54, 1.807) is 18.3 Å². The summed E-state index contributed by atoms with van der Waals surface area (Å²) < 4.78 is 6.68. The summed E-state index contributed by atoms with van der Waals surface area (Å²) in [6.45, 7) is 1.88. The maximum atomic E-state index is 11.9. The van der Waals surface area contributed by atoms with Crippen LogP contribution in [0.4, 0.5) is 0 Å². The van der Waals surface area contributed by atoms with Crippen molar-refractivity contribution in [2.24, 2.45) is 0 Å². The Morgan fingerprint density at radius 3 is 2.80 bits per heavy atom. The molecule has 3 rings (SSSR count). The van der Waals surface area contributed by atoms with Gasteiger partial charge in [-0.3, -0.25) is 4.57 Å². The molecule has 20 heavy (non-hydrogen) atoms. The first-order chi connectivity index (χ1) is 9.72. The van der Waals surface area contributed by atoms with Crippen LogP contribution in [0.3, 0.4) is 0 Å². The largest absolute Gasteiger partial charge is 0.465 e. The van der Waals surface area contributed by atoms with Gasteiger partial charge in [-0.25, -0.2) is 14.8 Å². The highest BCUT2D eigenvalue weighted by Crippen LogP contribution is 2.22. The highest BCUT2D eigenvalue weighted by molar-refractivity contribution is 5.93. The zero-order valence-electron chi connectivity index (χ0n) is 11.2. The highest BCUT2D eigenvalue weighted by Gasteiger charge is 2.17. The number of methoxy groups -OCH3 is 1. The molecular weight excluding hydrogens is 254 g/mol. The Labute approximate surface area is 115 Å². The second kappa shape index (κ2) is 4.77. The smallest absolute Gasteiger partial charge is 0.341 e. The monoisotopic (exact) mass is 267 g/mol. The Bertz CT molecular complexity index is 793. The SMILES string of the molecule is COC(=O)c1cccnc1-n1c(C)nc2ccccc21. The molecule has 0 saturated heterocycles. The van der Waals surface area contributed by atoms with Gasteiger partial charge >= 0.3 is 5.97 Å². The lowest BCUT2D eigenvalue weighted by Gasteiger charge is -2.09. The zero-order valence-corrected chi connectivity index (χ0v) is 11.2. The minimum Gasteiger partial charge on any atom is -0.465 e. The molecule has 0 amide bonds. The number of imidazole rings is 1. The van der Waals surface area contributed by atoms with Gasteiger partial charge in [0, 0.05) is 6.20 Å². The van der Waals surface area contributed by atoms with Gasteiger partial charge in [0.15, 0.2) is 5.82 Å². The summed E-state index contributed by atoms with van der Waals surface area (Å²) in [5, 5.41) is 0. The van der Waals surface area contributed by atoms with E-state index < -0.39 is 5.97 Å². The van der Waals surface area contributed by atoms with E-state index in [9.17, 15) is 4.79 Å². The fraction of sp³-hybridized carbons (Fsp3) is 0.133. The number of aromatic nitrogens is 3. The summed E-state index contributed by atoms with van der Waals surface area (Å²) in [7, 11) is 1.36. The molecule has 0 fully saturated rings. The van der Waals surface area contributed by atoms with E-state index in [1.807, 2.05) is 35.8 Å². The van der Waals surface area contributed by atoms with Crippen LogP contribution in [0.5, 0.6) is 0 Å². The predicted octanol–water partition coefficient (Wildman–Crippen LogP) is 2.52. The minimum atomic E-state index is -0.412. The molecule has 3 aromatic rings. The number of carbonyl (C=O) groups is 1. The van der Waals surface area contributed by atoms with Crippen LogP contribution < -0.4 is 0 Å². The maximum Gasteiger partial charge on any atom is 0.341 e. The quantitative estimate of drug-likeness (QED) is 0.669. The Balaban J connectivity index is 2.31. The fourth-order valence-electron chi connectivity index (χ4n) is 2.26. The number of rotatable bonds is 2. The molecule has 5 heteroatoms. The van der Waals surface area contributed by atoms with Crippen LogP contribution in [0.1, 0.15) is 16.2 Å². The average molecular weight is 267 g/mol. The Morgan fingerprint density at radius 1 is 1.20 bits per heavy atom. The van der Waals surface area contributed by atoms with Gasteiger partial charge in [0.05, 0.1) is 18.1 Å². The third-order valence-electron chi connectivity index (χ3n) is 3.13. The number of benzene rings is 1. The van der Waals surface area contributed by atoms with Gasteiger partial charge < -0.3 is 4.74 Å². The molecule has 0 aliphatic carbocycles. The highest BCUT2D eigenvalue weighted by atomic mass is 16.5. The molecule has 0 N–H and O–H groups in total. The van der Waals surface area contributed by atoms with Gasteiger partial charge in [-0.2, -0.15) is 0 Å². The number of ether oxygens (including phenoxy) is 1. The molecule has 0 saturated carbocycles. The average Bonchev–Trinajstić information content (AvgIpc) is 2.82. The van der Waals surface area contributed by atoms with Crippen LogP contribution in [-0.4, -0.2) is 27.6 Å².